The van der Waals surface area contributed by atoms with Crippen molar-refractivity contribution in [2.75, 3.05) is 20.2 Å². The fourth-order valence-corrected chi connectivity index (χ4v) is 2.52. The average molecular weight is 277 g/mol. The highest BCUT2D eigenvalue weighted by atomic mass is 16.5. The molecule has 1 aliphatic heterocycles. The first-order valence-electron chi connectivity index (χ1n) is 7.19. The van der Waals surface area contributed by atoms with Crippen molar-refractivity contribution in [3.05, 3.63) is 29.8 Å². The molecule has 1 aromatic rings. The first kappa shape index (κ1) is 14.9. The Bertz CT molecular complexity index is 451. The summed E-state index contributed by atoms with van der Waals surface area (Å²) < 4.78 is 10.7. The van der Waals surface area contributed by atoms with Gasteiger partial charge >= 0.3 is 5.97 Å². The second-order valence-electron chi connectivity index (χ2n) is 5.47. The first-order chi connectivity index (χ1) is 9.60. The van der Waals surface area contributed by atoms with Crippen LogP contribution in [0.5, 0.6) is 5.75 Å². The molecule has 2 rings (SSSR count). The molecule has 1 saturated heterocycles. The lowest BCUT2D eigenvalue weighted by Crippen LogP contribution is -2.41. The van der Waals surface area contributed by atoms with Crippen LogP contribution in [-0.2, 0) is 4.74 Å². The summed E-state index contributed by atoms with van der Waals surface area (Å²) in [6, 6.07) is 7.80. The van der Waals surface area contributed by atoms with Gasteiger partial charge in [0, 0.05) is 19.1 Å². The maximum Gasteiger partial charge on any atom is 0.337 e. The number of rotatable bonds is 4. The number of carbonyl (C=O) groups excluding carboxylic acids is 1. The summed E-state index contributed by atoms with van der Waals surface area (Å²) >= 11 is 0. The smallest absolute Gasteiger partial charge is 0.337 e. The predicted molar refractivity (Wildman–Crippen MR) is 78.1 cm³/mol. The summed E-state index contributed by atoms with van der Waals surface area (Å²) in [6.07, 6.45) is 2.29. The van der Waals surface area contributed by atoms with Gasteiger partial charge in [-0.3, -0.25) is 0 Å². The summed E-state index contributed by atoms with van der Waals surface area (Å²) in [7, 11) is 1.39. The van der Waals surface area contributed by atoms with E-state index in [2.05, 4.69) is 18.7 Å². The van der Waals surface area contributed by atoms with E-state index in [1.165, 1.54) is 7.11 Å². The van der Waals surface area contributed by atoms with Gasteiger partial charge in [0.15, 0.2) is 0 Å². The maximum absolute atomic E-state index is 11.5. The molecule has 0 N–H and O–H groups in total. The molecule has 1 heterocycles. The lowest BCUT2D eigenvalue weighted by Gasteiger charge is -2.34. The normalized spacial score (nSPS) is 17.2. The molecule has 1 fully saturated rings. The Morgan fingerprint density at radius 3 is 2.60 bits per heavy atom. The van der Waals surface area contributed by atoms with Crippen LogP contribution in [0.2, 0.25) is 0 Å². The van der Waals surface area contributed by atoms with Gasteiger partial charge in [-0.1, -0.05) is 6.07 Å². The summed E-state index contributed by atoms with van der Waals surface area (Å²) in [4.78, 5) is 14.0. The number of benzene rings is 1. The molecule has 0 amide bonds. The van der Waals surface area contributed by atoms with Crippen LogP contribution in [0.15, 0.2) is 24.3 Å². The number of methoxy groups -OCH3 is 1. The number of hydrogen-bond acceptors (Lipinski definition) is 4. The molecule has 4 nitrogen and oxygen atoms in total. The van der Waals surface area contributed by atoms with Crippen molar-refractivity contribution < 1.29 is 14.3 Å². The van der Waals surface area contributed by atoms with Gasteiger partial charge in [0.05, 0.1) is 12.7 Å². The van der Waals surface area contributed by atoms with Gasteiger partial charge in [0.25, 0.3) is 0 Å². The van der Waals surface area contributed by atoms with Crippen molar-refractivity contribution >= 4 is 5.97 Å². The van der Waals surface area contributed by atoms with Crippen molar-refractivity contribution in [1.82, 2.24) is 4.90 Å². The van der Waals surface area contributed by atoms with E-state index in [-0.39, 0.29) is 12.1 Å². The van der Waals surface area contributed by atoms with Gasteiger partial charge in [-0.2, -0.15) is 0 Å². The largest absolute Gasteiger partial charge is 0.490 e. The quantitative estimate of drug-likeness (QED) is 0.793. The zero-order chi connectivity index (χ0) is 14.5. The van der Waals surface area contributed by atoms with E-state index in [1.807, 2.05) is 12.1 Å². The summed E-state index contributed by atoms with van der Waals surface area (Å²) in [5, 5.41) is 0. The summed E-state index contributed by atoms with van der Waals surface area (Å²) in [5.74, 6) is 0.418. The van der Waals surface area contributed by atoms with Crippen LogP contribution in [-0.4, -0.2) is 43.2 Å². The number of hydrogen-bond donors (Lipinski definition) is 0. The second kappa shape index (κ2) is 6.75. The zero-order valence-electron chi connectivity index (χ0n) is 12.5. The van der Waals surface area contributed by atoms with Crippen LogP contribution in [0, 0.1) is 0 Å². The highest BCUT2D eigenvalue weighted by Crippen LogP contribution is 2.21. The van der Waals surface area contributed by atoms with Crippen LogP contribution < -0.4 is 4.74 Å². The topological polar surface area (TPSA) is 38.8 Å². The third-order valence-corrected chi connectivity index (χ3v) is 3.76. The van der Waals surface area contributed by atoms with Gasteiger partial charge in [-0.25, -0.2) is 4.79 Å². The lowest BCUT2D eigenvalue weighted by atomic mass is 10.1. The van der Waals surface area contributed by atoms with E-state index in [9.17, 15) is 4.79 Å². The number of piperidine rings is 1. The fourth-order valence-electron chi connectivity index (χ4n) is 2.52. The molecule has 0 aliphatic carbocycles. The molecule has 110 valence electrons. The minimum Gasteiger partial charge on any atom is -0.490 e. The first-order valence-corrected chi connectivity index (χ1v) is 7.19. The Hall–Kier alpha value is -1.55. The molecule has 20 heavy (non-hydrogen) atoms. The van der Waals surface area contributed by atoms with E-state index in [0.29, 0.717) is 11.6 Å². The van der Waals surface area contributed by atoms with E-state index < -0.39 is 0 Å². The van der Waals surface area contributed by atoms with E-state index in [4.69, 9.17) is 9.47 Å². The Morgan fingerprint density at radius 2 is 2.00 bits per heavy atom. The predicted octanol–water partition coefficient (Wildman–Crippen LogP) is 2.72. The molecule has 0 radical (unpaired) electrons. The van der Waals surface area contributed by atoms with E-state index >= 15 is 0 Å². The van der Waals surface area contributed by atoms with Crippen molar-refractivity contribution in [3.63, 3.8) is 0 Å². The minimum absolute atomic E-state index is 0.234. The SMILES string of the molecule is COC(=O)c1cccc(OC2CCN(C(C)C)CC2)c1. The molecule has 1 aliphatic rings. The van der Waals surface area contributed by atoms with Crippen molar-refractivity contribution in [3.8, 4) is 5.75 Å². The van der Waals surface area contributed by atoms with E-state index in [0.717, 1.165) is 31.7 Å². The Morgan fingerprint density at radius 1 is 1.30 bits per heavy atom. The van der Waals surface area contributed by atoms with Crippen molar-refractivity contribution in [1.29, 1.82) is 0 Å². The molecule has 0 atom stereocenters. The number of ether oxygens (including phenoxy) is 2. The lowest BCUT2D eigenvalue weighted by molar-refractivity contribution is 0.0598. The van der Waals surface area contributed by atoms with Crippen molar-refractivity contribution in [2.45, 2.75) is 38.8 Å². The van der Waals surface area contributed by atoms with Crippen LogP contribution in [0.25, 0.3) is 0 Å². The molecule has 0 saturated carbocycles. The molecule has 0 bridgehead atoms. The van der Waals surface area contributed by atoms with Crippen LogP contribution >= 0.6 is 0 Å². The Kier molecular flexibility index (Phi) is 5.01. The van der Waals surface area contributed by atoms with Gasteiger partial charge in [-0.05, 0) is 44.9 Å². The third kappa shape index (κ3) is 3.73. The molecule has 0 spiro atoms. The number of nitrogens with zero attached hydrogens (tertiary/aromatic N) is 1. The van der Waals surface area contributed by atoms with Crippen molar-refractivity contribution in [2.24, 2.45) is 0 Å². The molecule has 0 unspecified atom stereocenters. The standard InChI is InChI=1S/C16H23NO3/c1-12(2)17-9-7-14(8-10-17)20-15-6-4-5-13(11-15)16(18)19-3/h4-6,11-12,14H,7-10H2,1-3H3. The molecule has 4 heteroatoms. The minimum atomic E-state index is -0.329. The summed E-state index contributed by atoms with van der Waals surface area (Å²) in [6.45, 7) is 6.58. The molecular formula is C16H23NO3. The average Bonchev–Trinajstić information content (AvgIpc) is 2.47. The molecule has 0 aromatic heterocycles. The monoisotopic (exact) mass is 277 g/mol. The highest BCUT2D eigenvalue weighted by Gasteiger charge is 2.22. The maximum atomic E-state index is 11.5. The number of esters is 1. The molecular weight excluding hydrogens is 254 g/mol. The Labute approximate surface area is 120 Å². The van der Waals surface area contributed by atoms with Gasteiger partial charge in [-0.15, -0.1) is 0 Å². The zero-order valence-corrected chi connectivity index (χ0v) is 12.5. The highest BCUT2D eigenvalue weighted by molar-refractivity contribution is 5.89. The van der Waals surface area contributed by atoms with Gasteiger partial charge in [0.1, 0.15) is 11.9 Å². The van der Waals surface area contributed by atoms with Gasteiger partial charge in [0.2, 0.25) is 0 Å². The van der Waals surface area contributed by atoms with Crippen LogP contribution in [0.4, 0.5) is 0 Å². The summed E-state index contributed by atoms with van der Waals surface area (Å²) in [5.41, 5.74) is 0.532. The fraction of sp³-hybridized carbons (Fsp3) is 0.562. The number of carbonyl (C=O) groups is 1. The molecule has 1 aromatic carbocycles. The van der Waals surface area contributed by atoms with Crippen LogP contribution in [0.3, 0.4) is 0 Å². The van der Waals surface area contributed by atoms with E-state index in [1.54, 1.807) is 12.1 Å². The van der Waals surface area contributed by atoms with Gasteiger partial charge < -0.3 is 14.4 Å². The number of likely N-dealkylation sites (tertiary alicyclic amines) is 1. The van der Waals surface area contributed by atoms with Crippen LogP contribution in [0.1, 0.15) is 37.0 Å². The second-order valence-corrected chi connectivity index (χ2v) is 5.47. The third-order valence-electron chi connectivity index (χ3n) is 3.76. The Balaban J connectivity index is 1.93.